The Morgan fingerprint density at radius 2 is 1.95 bits per heavy atom. The fraction of sp³-hybridized carbons (Fsp3) is 0.0909. The van der Waals surface area contributed by atoms with E-state index in [0.717, 1.165) is 10.7 Å². The Labute approximate surface area is 122 Å². The Morgan fingerprint density at radius 1 is 1.29 bits per heavy atom. The third-order valence-electron chi connectivity index (χ3n) is 2.60. The second-order valence-electron chi connectivity index (χ2n) is 4.11. The molecule has 1 heterocycles. The van der Waals surface area contributed by atoms with Crippen LogP contribution in [-0.2, 0) is 0 Å². The maximum atomic E-state index is 12.2. The lowest BCUT2D eigenvalue weighted by Gasteiger charge is -2.04. The zero-order valence-corrected chi connectivity index (χ0v) is 11.3. The molecule has 0 unspecified atom stereocenters. The number of benzene rings is 1. The van der Waals surface area contributed by atoms with Gasteiger partial charge in [0.15, 0.2) is 0 Å². The van der Waals surface area contributed by atoms with Gasteiger partial charge in [0.2, 0.25) is 0 Å². The molecule has 0 fully saturated rings. The van der Waals surface area contributed by atoms with Gasteiger partial charge in [-0.05, 0) is 12.5 Å². The van der Waals surface area contributed by atoms with Gasteiger partial charge in [-0.15, -0.1) is 0 Å². The van der Waals surface area contributed by atoms with Crippen molar-refractivity contribution in [3.05, 3.63) is 60.9 Å². The molecule has 2 aromatic rings. The van der Waals surface area contributed by atoms with Gasteiger partial charge >= 0.3 is 0 Å². The summed E-state index contributed by atoms with van der Waals surface area (Å²) >= 11 is 5.81. The van der Waals surface area contributed by atoms with Crippen molar-refractivity contribution in [1.82, 2.24) is 9.78 Å². The number of non-ortho nitro benzene ring substituents is 1. The standard InChI is InChI=1S/C11H7ClN4O5/c1-6-4-13-14(5-6)11(17)8-2-7(15(18)19)3-9(10(8)12)16(20)21/h2-5H,1H3. The largest absolute Gasteiger partial charge is 0.295 e. The van der Waals surface area contributed by atoms with Gasteiger partial charge in [-0.1, -0.05) is 11.6 Å². The lowest BCUT2D eigenvalue weighted by atomic mass is 10.1. The minimum Gasteiger partial charge on any atom is -0.267 e. The summed E-state index contributed by atoms with van der Waals surface area (Å²) in [6, 6.07) is 1.59. The molecule has 0 aliphatic carbocycles. The molecule has 1 aromatic carbocycles. The van der Waals surface area contributed by atoms with E-state index in [1.165, 1.54) is 12.4 Å². The molecule has 108 valence electrons. The van der Waals surface area contributed by atoms with Crippen LogP contribution in [0.5, 0.6) is 0 Å². The third-order valence-corrected chi connectivity index (χ3v) is 2.99. The number of nitrogens with zero attached hydrogens (tertiary/aromatic N) is 4. The van der Waals surface area contributed by atoms with Crippen LogP contribution in [0.3, 0.4) is 0 Å². The van der Waals surface area contributed by atoms with Gasteiger partial charge in [0.1, 0.15) is 5.02 Å². The lowest BCUT2D eigenvalue weighted by molar-refractivity contribution is -0.394. The first-order chi connectivity index (χ1) is 9.81. The van der Waals surface area contributed by atoms with Crippen LogP contribution in [0.4, 0.5) is 11.4 Å². The Balaban J connectivity index is 2.64. The fourth-order valence-corrected chi connectivity index (χ4v) is 1.89. The highest BCUT2D eigenvalue weighted by Gasteiger charge is 2.27. The van der Waals surface area contributed by atoms with Crippen LogP contribution in [0, 0.1) is 27.2 Å². The summed E-state index contributed by atoms with van der Waals surface area (Å²) in [5.41, 5.74) is -0.989. The minimum atomic E-state index is -0.888. The minimum absolute atomic E-state index is 0.360. The van der Waals surface area contributed by atoms with Crippen LogP contribution in [-0.4, -0.2) is 25.5 Å². The molecule has 9 nitrogen and oxygen atoms in total. The van der Waals surface area contributed by atoms with E-state index in [1.54, 1.807) is 6.92 Å². The summed E-state index contributed by atoms with van der Waals surface area (Å²) in [4.78, 5) is 32.2. The number of halogens is 1. The summed E-state index contributed by atoms with van der Waals surface area (Å²) in [5, 5.41) is 25.0. The van der Waals surface area contributed by atoms with Crippen molar-refractivity contribution >= 4 is 28.9 Å². The first-order valence-electron chi connectivity index (χ1n) is 5.49. The van der Waals surface area contributed by atoms with Crippen molar-refractivity contribution in [2.24, 2.45) is 0 Å². The lowest BCUT2D eigenvalue weighted by Crippen LogP contribution is -2.14. The van der Waals surface area contributed by atoms with Crippen LogP contribution < -0.4 is 0 Å². The van der Waals surface area contributed by atoms with E-state index >= 15 is 0 Å². The Morgan fingerprint density at radius 3 is 2.43 bits per heavy atom. The van der Waals surface area contributed by atoms with Crippen molar-refractivity contribution < 1.29 is 14.6 Å². The highest BCUT2D eigenvalue weighted by atomic mass is 35.5. The molecule has 0 radical (unpaired) electrons. The number of hydrogen-bond acceptors (Lipinski definition) is 6. The van der Waals surface area contributed by atoms with E-state index in [-0.39, 0.29) is 5.56 Å². The summed E-state index contributed by atoms with van der Waals surface area (Å²) in [6.07, 6.45) is 2.78. The SMILES string of the molecule is Cc1cnn(C(=O)c2cc([N+](=O)[O-])cc([N+](=O)[O-])c2Cl)c1. The highest BCUT2D eigenvalue weighted by molar-refractivity contribution is 6.36. The molecule has 0 saturated heterocycles. The third kappa shape index (κ3) is 2.72. The summed E-state index contributed by atoms with van der Waals surface area (Å²) < 4.78 is 0.907. The van der Waals surface area contributed by atoms with Crippen LogP contribution in [0.25, 0.3) is 0 Å². The molecule has 1 aromatic heterocycles. The predicted octanol–water partition coefficient (Wildman–Crippen LogP) is 2.35. The molecule has 2 rings (SSSR count). The topological polar surface area (TPSA) is 121 Å². The van der Waals surface area contributed by atoms with Crippen molar-refractivity contribution in [3.63, 3.8) is 0 Å². The van der Waals surface area contributed by atoms with Gasteiger partial charge < -0.3 is 0 Å². The summed E-state index contributed by atoms with van der Waals surface area (Å²) in [6.45, 7) is 1.69. The van der Waals surface area contributed by atoms with Crippen molar-refractivity contribution in [1.29, 1.82) is 0 Å². The van der Waals surface area contributed by atoms with Crippen LogP contribution in [0.2, 0.25) is 5.02 Å². The van der Waals surface area contributed by atoms with Crippen LogP contribution in [0.15, 0.2) is 24.5 Å². The molecular weight excluding hydrogens is 304 g/mol. The molecule has 0 atom stereocenters. The maximum Gasteiger partial charge on any atom is 0.295 e. The quantitative estimate of drug-likeness (QED) is 0.633. The summed E-state index contributed by atoms with van der Waals surface area (Å²) in [7, 11) is 0. The van der Waals surface area contributed by atoms with E-state index in [1.807, 2.05) is 0 Å². The number of carbonyl (C=O) groups excluding carboxylic acids is 1. The molecule has 0 aliphatic rings. The van der Waals surface area contributed by atoms with Gasteiger partial charge in [0.25, 0.3) is 17.3 Å². The number of aryl methyl sites for hydroxylation is 1. The highest BCUT2D eigenvalue weighted by Crippen LogP contribution is 2.33. The van der Waals surface area contributed by atoms with Gasteiger partial charge in [-0.25, -0.2) is 4.68 Å². The average molecular weight is 311 g/mol. The maximum absolute atomic E-state index is 12.2. The number of rotatable bonds is 3. The van der Waals surface area contributed by atoms with Crippen molar-refractivity contribution in [2.45, 2.75) is 6.92 Å². The van der Waals surface area contributed by atoms with Gasteiger partial charge in [0, 0.05) is 12.3 Å². The number of nitro benzene ring substituents is 2. The fourth-order valence-electron chi connectivity index (χ4n) is 1.64. The second-order valence-corrected chi connectivity index (χ2v) is 4.49. The Kier molecular flexibility index (Phi) is 3.68. The number of nitro groups is 2. The number of hydrogen-bond donors (Lipinski definition) is 0. The molecule has 21 heavy (non-hydrogen) atoms. The smallest absolute Gasteiger partial charge is 0.267 e. The molecule has 0 aliphatic heterocycles. The molecule has 0 saturated carbocycles. The molecule has 0 spiro atoms. The van der Waals surface area contributed by atoms with Gasteiger partial charge in [-0.3, -0.25) is 25.0 Å². The van der Waals surface area contributed by atoms with Gasteiger partial charge in [-0.2, -0.15) is 5.10 Å². The predicted molar refractivity (Wildman–Crippen MR) is 71.5 cm³/mol. The first kappa shape index (κ1) is 14.6. The second kappa shape index (κ2) is 5.29. The zero-order valence-electron chi connectivity index (χ0n) is 10.5. The van der Waals surface area contributed by atoms with E-state index in [4.69, 9.17) is 11.6 Å². The first-order valence-corrected chi connectivity index (χ1v) is 5.87. The molecule has 0 bridgehead atoms. The van der Waals surface area contributed by atoms with E-state index in [2.05, 4.69) is 5.10 Å². The Hall–Kier alpha value is -2.81. The zero-order chi connectivity index (χ0) is 15.7. The molecule has 0 N–H and O–H groups in total. The molecule has 10 heteroatoms. The monoisotopic (exact) mass is 310 g/mol. The van der Waals surface area contributed by atoms with Crippen molar-refractivity contribution in [2.75, 3.05) is 0 Å². The molecular formula is C11H7ClN4O5. The summed E-state index contributed by atoms with van der Waals surface area (Å²) in [5.74, 6) is -0.792. The number of carbonyl (C=O) groups is 1. The van der Waals surface area contributed by atoms with Gasteiger partial charge in [0.05, 0.1) is 27.7 Å². The van der Waals surface area contributed by atoms with Crippen LogP contribution in [0.1, 0.15) is 15.9 Å². The average Bonchev–Trinajstić information content (AvgIpc) is 2.84. The van der Waals surface area contributed by atoms with E-state index < -0.39 is 32.2 Å². The van der Waals surface area contributed by atoms with E-state index in [0.29, 0.717) is 11.6 Å². The van der Waals surface area contributed by atoms with E-state index in [9.17, 15) is 25.0 Å². The number of aromatic nitrogens is 2. The normalized spacial score (nSPS) is 10.4. The molecule has 0 amide bonds. The van der Waals surface area contributed by atoms with Crippen LogP contribution >= 0.6 is 11.6 Å². The van der Waals surface area contributed by atoms with Crippen molar-refractivity contribution in [3.8, 4) is 0 Å². The Bertz CT molecular complexity index is 770.